The second-order valence-corrected chi connectivity index (χ2v) is 19.2. The molecule has 0 aromatic rings. The van der Waals surface area contributed by atoms with Gasteiger partial charge >= 0.3 is 19.8 Å². The summed E-state index contributed by atoms with van der Waals surface area (Å²) < 4.78 is 32.9. The van der Waals surface area contributed by atoms with Gasteiger partial charge in [0.2, 0.25) is 0 Å². The van der Waals surface area contributed by atoms with E-state index < -0.39 is 26.5 Å². The molecule has 378 valence electrons. The van der Waals surface area contributed by atoms with E-state index in [1.165, 1.54) is 141 Å². The van der Waals surface area contributed by atoms with E-state index in [0.717, 1.165) is 70.6 Å². The van der Waals surface area contributed by atoms with Gasteiger partial charge in [0, 0.05) is 19.4 Å². The lowest BCUT2D eigenvalue weighted by Crippen LogP contribution is -2.29. The van der Waals surface area contributed by atoms with E-state index in [1.54, 1.807) is 0 Å². The van der Waals surface area contributed by atoms with Gasteiger partial charge in [-0.1, -0.05) is 235 Å². The largest absolute Gasteiger partial charge is 0.472 e. The molecular formula is C55H100NO8P. The van der Waals surface area contributed by atoms with Crippen LogP contribution in [-0.2, 0) is 32.7 Å². The predicted molar refractivity (Wildman–Crippen MR) is 275 cm³/mol. The molecule has 0 rings (SSSR count). The minimum absolute atomic E-state index is 0.0541. The smallest absolute Gasteiger partial charge is 0.462 e. The van der Waals surface area contributed by atoms with Crippen molar-refractivity contribution in [3.05, 3.63) is 60.8 Å². The van der Waals surface area contributed by atoms with Crippen molar-refractivity contribution < 1.29 is 37.6 Å². The summed E-state index contributed by atoms with van der Waals surface area (Å²) >= 11 is 0. The molecule has 0 saturated carbocycles. The molecule has 0 fully saturated rings. The molecule has 0 bridgehead atoms. The Morgan fingerprint density at radius 1 is 0.477 bits per heavy atom. The first-order chi connectivity index (χ1) is 31.8. The maximum absolute atomic E-state index is 12.6. The van der Waals surface area contributed by atoms with E-state index in [1.807, 2.05) is 0 Å². The Bertz CT molecular complexity index is 1250. The summed E-state index contributed by atoms with van der Waals surface area (Å²) in [6, 6.07) is 0. The number of phosphoric acid groups is 1. The van der Waals surface area contributed by atoms with Gasteiger partial charge in [-0.05, 0) is 57.8 Å². The van der Waals surface area contributed by atoms with Crippen LogP contribution >= 0.6 is 7.82 Å². The average molecular weight is 934 g/mol. The Kier molecular flexibility index (Phi) is 49.3. The number of hydrogen-bond acceptors (Lipinski definition) is 8. The minimum atomic E-state index is -4.38. The van der Waals surface area contributed by atoms with Crippen molar-refractivity contribution in [2.24, 2.45) is 5.73 Å². The first-order valence-corrected chi connectivity index (χ1v) is 28.3. The van der Waals surface area contributed by atoms with E-state index in [0.29, 0.717) is 6.42 Å². The third-order valence-corrected chi connectivity index (χ3v) is 12.4. The van der Waals surface area contributed by atoms with E-state index in [4.69, 9.17) is 24.3 Å². The Hall–Kier alpha value is -2.29. The number of hydrogen-bond donors (Lipinski definition) is 2. The van der Waals surface area contributed by atoms with Gasteiger partial charge in [0.1, 0.15) is 6.61 Å². The van der Waals surface area contributed by atoms with Crippen LogP contribution in [0.25, 0.3) is 0 Å². The average Bonchev–Trinajstić information content (AvgIpc) is 3.30. The highest BCUT2D eigenvalue weighted by atomic mass is 31.2. The highest BCUT2D eigenvalue weighted by Gasteiger charge is 2.26. The lowest BCUT2D eigenvalue weighted by Gasteiger charge is -2.19. The fourth-order valence-electron chi connectivity index (χ4n) is 7.49. The molecule has 0 aromatic heterocycles. The predicted octanol–water partition coefficient (Wildman–Crippen LogP) is 16.4. The molecule has 2 unspecified atom stereocenters. The summed E-state index contributed by atoms with van der Waals surface area (Å²) in [5, 5.41) is 0. The lowest BCUT2D eigenvalue weighted by molar-refractivity contribution is -0.161. The van der Waals surface area contributed by atoms with Crippen molar-refractivity contribution >= 4 is 19.8 Å². The first-order valence-electron chi connectivity index (χ1n) is 26.8. The molecule has 9 nitrogen and oxygen atoms in total. The number of carbonyl (C=O) groups is 2. The van der Waals surface area contributed by atoms with Gasteiger partial charge in [0.05, 0.1) is 13.2 Å². The van der Waals surface area contributed by atoms with Gasteiger partial charge in [0.15, 0.2) is 6.10 Å². The zero-order valence-electron chi connectivity index (χ0n) is 42.0. The molecule has 65 heavy (non-hydrogen) atoms. The molecule has 0 aromatic carbocycles. The summed E-state index contributed by atoms with van der Waals surface area (Å²) in [7, 11) is -4.38. The van der Waals surface area contributed by atoms with Crippen molar-refractivity contribution in [3.8, 4) is 0 Å². The minimum Gasteiger partial charge on any atom is -0.462 e. The number of nitrogens with two attached hydrogens (primary N) is 1. The van der Waals surface area contributed by atoms with Crippen LogP contribution < -0.4 is 5.73 Å². The Morgan fingerprint density at radius 2 is 0.846 bits per heavy atom. The van der Waals surface area contributed by atoms with Gasteiger partial charge in [-0.25, -0.2) is 4.57 Å². The van der Waals surface area contributed by atoms with E-state index in [9.17, 15) is 19.0 Å². The van der Waals surface area contributed by atoms with Crippen LogP contribution in [0, 0.1) is 0 Å². The Morgan fingerprint density at radius 3 is 1.26 bits per heavy atom. The van der Waals surface area contributed by atoms with Gasteiger partial charge in [0.25, 0.3) is 0 Å². The normalized spacial score (nSPS) is 13.6. The summed E-state index contributed by atoms with van der Waals surface area (Å²) in [6.45, 7) is 3.63. The molecular weight excluding hydrogens is 834 g/mol. The first kappa shape index (κ1) is 62.7. The summed E-state index contributed by atoms with van der Waals surface area (Å²) in [6.07, 6.45) is 62.8. The number of rotatable bonds is 50. The van der Waals surface area contributed by atoms with Gasteiger partial charge in [-0.3, -0.25) is 18.6 Å². The van der Waals surface area contributed by atoms with Crippen LogP contribution in [0.3, 0.4) is 0 Å². The topological polar surface area (TPSA) is 134 Å². The number of esters is 2. The second kappa shape index (κ2) is 51.1. The molecule has 0 heterocycles. The molecule has 3 N–H and O–H groups in total. The fraction of sp³-hybridized carbons (Fsp3) is 0.782. The van der Waals surface area contributed by atoms with Crippen LogP contribution in [0.1, 0.15) is 245 Å². The number of unbranched alkanes of at least 4 members (excludes halogenated alkanes) is 27. The maximum atomic E-state index is 12.6. The summed E-state index contributed by atoms with van der Waals surface area (Å²) in [4.78, 5) is 35.0. The monoisotopic (exact) mass is 934 g/mol. The second-order valence-electron chi connectivity index (χ2n) is 17.7. The molecule has 0 amide bonds. The molecule has 10 heteroatoms. The number of allylic oxidation sites excluding steroid dienone is 10. The SMILES string of the molecule is CC/C=C\C/C=C\C/C=C\C/C=C\C/C=C\CCCCCCCCCCCCCCCCCCCC(=O)OC(COC(=O)CCCCCCCCCCCCC)COP(=O)(O)OCCN. The zero-order chi connectivity index (χ0) is 47.4. The van der Waals surface area contributed by atoms with Gasteiger partial charge < -0.3 is 20.1 Å². The van der Waals surface area contributed by atoms with Crippen molar-refractivity contribution in [1.82, 2.24) is 0 Å². The number of phosphoric ester groups is 1. The van der Waals surface area contributed by atoms with Crippen molar-refractivity contribution in [1.29, 1.82) is 0 Å². The third kappa shape index (κ3) is 51.0. The fourth-order valence-corrected chi connectivity index (χ4v) is 8.25. The maximum Gasteiger partial charge on any atom is 0.472 e. The Balaban J connectivity index is 3.86. The van der Waals surface area contributed by atoms with Crippen molar-refractivity contribution in [2.45, 2.75) is 251 Å². The highest BCUT2D eigenvalue weighted by molar-refractivity contribution is 7.47. The van der Waals surface area contributed by atoms with Crippen LogP contribution in [-0.4, -0.2) is 49.3 Å². The van der Waals surface area contributed by atoms with E-state index in [2.05, 4.69) is 74.6 Å². The van der Waals surface area contributed by atoms with Crippen LogP contribution in [0.15, 0.2) is 60.8 Å². The number of carbonyl (C=O) groups excluding carboxylic acids is 2. The van der Waals surface area contributed by atoms with Crippen LogP contribution in [0.4, 0.5) is 0 Å². The van der Waals surface area contributed by atoms with Crippen molar-refractivity contribution in [2.75, 3.05) is 26.4 Å². The quantitative estimate of drug-likeness (QED) is 0.0265. The molecule has 0 saturated heterocycles. The van der Waals surface area contributed by atoms with Crippen LogP contribution in [0.2, 0.25) is 0 Å². The van der Waals surface area contributed by atoms with Gasteiger partial charge in [-0.2, -0.15) is 0 Å². The molecule has 0 aliphatic rings. The van der Waals surface area contributed by atoms with Crippen LogP contribution in [0.5, 0.6) is 0 Å². The summed E-state index contributed by atoms with van der Waals surface area (Å²) in [5.74, 6) is -0.821. The molecule has 0 aliphatic carbocycles. The van der Waals surface area contributed by atoms with Gasteiger partial charge in [-0.15, -0.1) is 0 Å². The summed E-state index contributed by atoms with van der Waals surface area (Å²) in [5.41, 5.74) is 5.36. The molecule has 0 spiro atoms. The standard InChI is InChI=1S/C55H100NO8P/c1-3-5-7-9-11-13-15-16-17-18-19-20-21-22-23-24-25-26-27-28-29-30-31-32-33-34-35-36-38-40-42-44-46-48-55(58)64-53(52-63-65(59,60)62-50-49-56)51-61-54(57)47-45-43-41-39-37-14-12-10-8-6-4-2/h5,7,11,13,16-17,19-20,22-23,53H,3-4,6,8-10,12,14-15,18,21,24-52,56H2,1-2H3,(H,59,60)/b7-5-,13-11-,17-16-,20-19-,23-22-. The molecule has 0 radical (unpaired) electrons. The number of ether oxygens (including phenoxy) is 2. The van der Waals surface area contributed by atoms with E-state index in [-0.39, 0.29) is 38.6 Å². The van der Waals surface area contributed by atoms with E-state index >= 15 is 0 Å². The Labute approximate surface area is 399 Å². The molecule has 2 atom stereocenters. The lowest BCUT2D eigenvalue weighted by atomic mass is 10.0. The highest BCUT2D eigenvalue weighted by Crippen LogP contribution is 2.43. The zero-order valence-corrected chi connectivity index (χ0v) is 42.9. The third-order valence-electron chi connectivity index (χ3n) is 11.4. The molecule has 0 aliphatic heterocycles. The van der Waals surface area contributed by atoms with Crippen molar-refractivity contribution in [3.63, 3.8) is 0 Å².